The number of anilines is 1. The molecule has 16 heavy (non-hydrogen) atoms. The van der Waals surface area contributed by atoms with E-state index in [1.54, 1.807) is 24.3 Å². The zero-order chi connectivity index (χ0) is 11.1. The summed E-state index contributed by atoms with van der Waals surface area (Å²) in [6, 6.07) is 7.08. The molecule has 3 rings (SSSR count). The van der Waals surface area contributed by atoms with Gasteiger partial charge in [0.05, 0.1) is 5.69 Å². The van der Waals surface area contributed by atoms with Crippen molar-refractivity contribution in [3.05, 3.63) is 30.0 Å². The first kappa shape index (κ1) is 8.96. The van der Waals surface area contributed by atoms with Crippen molar-refractivity contribution >= 4 is 16.8 Å². The molecule has 2 aromatic heterocycles. The lowest BCUT2D eigenvalue weighted by Crippen LogP contribution is -1.82. The molecule has 0 unspecified atom stereocenters. The molecule has 0 amide bonds. The molecule has 1 aromatic carbocycles. The third kappa shape index (κ3) is 1.33. The maximum atomic E-state index is 5.66. The number of hydrogen-bond acceptors (Lipinski definition) is 5. The number of aromatic nitrogens is 2. The zero-order valence-electron chi connectivity index (χ0n) is 8.60. The number of aryl methyl sites for hydroxylation is 1. The minimum Gasteiger partial charge on any atom is -0.434 e. The summed E-state index contributed by atoms with van der Waals surface area (Å²) in [4.78, 5) is 4.28. The Kier molecular flexibility index (Phi) is 1.73. The van der Waals surface area contributed by atoms with Crippen molar-refractivity contribution in [3.63, 3.8) is 0 Å². The van der Waals surface area contributed by atoms with Gasteiger partial charge in [0.15, 0.2) is 5.58 Å². The van der Waals surface area contributed by atoms with Gasteiger partial charge >= 0.3 is 0 Å². The predicted octanol–water partition coefficient (Wildman–Crippen LogP) is 2.37. The van der Waals surface area contributed by atoms with Gasteiger partial charge in [-0.1, -0.05) is 5.16 Å². The van der Waals surface area contributed by atoms with Crippen LogP contribution in [0.15, 0.2) is 33.2 Å². The molecule has 0 radical (unpaired) electrons. The molecule has 0 saturated carbocycles. The van der Waals surface area contributed by atoms with E-state index in [2.05, 4.69) is 10.1 Å². The first-order valence-corrected chi connectivity index (χ1v) is 4.82. The van der Waals surface area contributed by atoms with Gasteiger partial charge in [-0.2, -0.15) is 0 Å². The summed E-state index contributed by atoms with van der Waals surface area (Å²) in [6.45, 7) is 1.84. The van der Waals surface area contributed by atoms with Crippen molar-refractivity contribution in [2.45, 2.75) is 6.92 Å². The second-order valence-corrected chi connectivity index (χ2v) is 3.58. The van der Waals surface area contributed by atoms with Crippen LogP contribution in [0.4, 0.5) is 5.69 Å². The Labute approximate surface area is 90.9 Å². The van der Waals surface area contributed by atoms with Crippen LogP contribution in [0.5, 0.6) is 0 Å². The molecular weight excluding hydrogens is 206 g/mol. The first-order chi connectivity index (χ1) is 7.72. The largest absolute Gasteiger partial charge is 0.434 e. The van der Waals surface area contributed by atoms with Crippen LogP contribution in [-0.2, 0) is 0 Å². The van der Waals surface area contributed by atoms with Crippen LogP contribution in [0.3, 0.4) is 0 Å². The van der Waals surface area contributed by atoms with Gasteiger partial charge < -0.3 is 14.7 Å². The van der Waals surface area contributed by atoms with E-state index in [1.807, 2.05) is 6.92 Å². The van der Waals surface area contributed by atoms with Gasteiger partial charge in [-0.3, -0.25) is 0 Å². The Morgan fingerprint density at radius 1 is 1.25 bits per heavy atom. The Morgan fingerprint density at radius 3 is 2.88 bits per heavy atom. The summed E-state index contributed by atoms with van der Waals surface area (Å²) in [5.41, 5.74) is 8.49. The van der Waals surface area contributed by atoms with Crippen LogP contribution in [0.2, 0.25) is 0 Å². The van der Waals surface area contributed by atoms with Gasteiger partial charge in [0.1, 0.15) is 5.52 Å². The van der Waals surface area contributed by atoms with E-state index in [1.165, 1.54) is 0 Å². The first-order valence-electron chi connectivity index (χ1n) is 4.82. The highest BCUT2D eigenvalue weighted by Gasteiger charge is 2.12. The monoisotopic (exact) mass is 215 g/mol. The lowest BCUT2D eigenvalue weighted by Gasteiger charge is -1.88. The topological polar surface area (TPSA) is 78.1 Å². The molecule has 0 spiro atoms. The van der Waals surface area contributed by atoms with Crippen molar-refractivity contribution in [2.75, 3.05) is 5.73 Å². The van der Waals surface area contributed by atoms with E-state index in [9.17, 15) is 0 Å². The molecular formula is C11H9N3O2. The van der Waals surface area contributed by atoms with Gasteiger partial charge in [-0.05, 0) is 25.1 Å². The van der Waals surface area contributed by atoms with Crippen LogP contribution in [0.25, 0.3) is 22.8 Å². The molecule has 5 heteroatoms. The van der Waals surface area contributed by atoms with E-state index in [0.29, 0.717) is 28.4 Å². The van der Waals surface area contributed by atoms with E-state index < -0.39 is 0 Å². The van der Waals surface area contributed by atoms with Crippen molar-refractivity contribution < 1.29 is 8.94 Å². The molecule has 0 bridgehead atoms. The van der Waals surface area contributed by atoms with Gasteiger partial charge in [0, 0.05) is 11.8 Å². The lowest BCUT2D eigenvalue weighted by molar-refractivity contribution is 0.414. The van der Waals surface area contributed by atoms with Gasteiger partial charge in [-0.15, -0.1) is 0 Å². The lowest BCUT2D eigenvalue weighted by atomic mass is 10.3. The number of hydrogen-bond donors (Lipinski definition) is 1. The Bertz CT molecular complexity index is 654. The molecule has 0 saturated heterocycles. The third-order valence-corrected chi connectivity index (χ3v) is 2.25. The molecule has 0 aliphatic heterocycles. The van der Waals surface area contributed by atoms with E-state index >= 15 is 0 Å². The quantitative estimate of drug-likeness (QED) is 0.630. The summed E-state index contributed by atoms with van der Waals surface area (Å²) in [5.74, 6) is 0.938. The minimum absolute atomic E-state index is 0.418. The van der Waals surface area contributed by atoms with Crippen molar-refractivity contribution in [2.24, 2.45) is 0 Å². The van der Waals surface area contributed by atoms with Crippen molar-refractivity contribution in [3.8, 4) is 11.7 Å². The fraction of sp³-hybridized carbons (Fsp3) is 0.0909. The number of fused-ring (bicyclic) bond motifs is 1. The molecule has 0 aliphatic rings. The van der Waals surface area contributed by atoms with E-state index in [4.69, 9.17) is 14.7 Å². The SMILES string of the molecule is Cc1cc(-c2nc3cc(N)ccc3o2)on1. The van der Waals surface area contributed by atoms with Crippen molar-refractivity contribution in [1.29, 1.82) is 0 Å². The fourth-order valence-electron chi connectivity index (χ4n) is 1.51. The van der Waals surface area contributed by atoms with Crippen LogP contribution < -0.4 is 5.73 Å². The highest BCUT2D eigenvalue weighted by Crippen LogP contribution is 2.25. The number of rotatable bonds is 1. The molecule has 2 N–H and O–H groups in total. The zero-order valence-corrected chi connectivity index (χ0v) is 8.60. The maximum absolute atomic E-state index is 5.66. The summed E-state index contributed by atoms with van der Waals surface area (Å²) in [5, 5.41) is 3.78. The summed E-state index contributed by atoms with van der Waals surface area (Å²) < 4.78 is 10.6. The summed E-state index contributed by atoms with van der Waals surface area (Å²) in [7, 11) is 0. The highest BCUT2D eigenvalue weighted by atomic mass is 16.5. The van der Waals surface area contributed by atoms with Gasteiger partial charge in [-0.25, -0.2) is 4.98 Å². The number of oxazole rings is 1. The predicted molar refractivity (Wildman–Crippen MR) is 58.7 cm³/mol. The molecule has 5 nitrogen and oxygen atoms in total. The van der Waals surface area contributed by atoms with Crippen molar-refractivity contribution in [1.82, 2.24) is 10.1 Å². The molecule has 80 valence electrons. The molecule has 2 heterocycles. The standard InChI is InChI=1S/C11H9N3O2/c1-6-4-10(16-14-6)11-13-8-5-7(12)2-3-9(8)15-11/h2-5H,12H2,1H3. The number of nitrogens with two attached hydrogens (primary N) is 1. The smallest absolute Gasteiger partial charge is 0.266 e. The Hall–Kier alpha value is -2.30. The number of nitrogen functional groups attached to an aromatic ring is 1. The van der Waals surface area contributed by atoms with Gasteiger partial charge in [0.25, 0.3) is 5.89 Å². The number of benzene rings is 1. The third-order valence-electron chi connectivity index (χ3n) is 2.25. The van der Waals surface area contributed by atoms with E-state index in [-0.39, 0.29) is 0 Å². The Morgan fingerprint density at radius 2 is 2.12 bits per heavy atom. The molecule has 3 aromatic rings. The second-order valence-electron chi connectivity index (χ2n) is 3.58. The van der Waals surface area contributed by atoms with Crippen LogP contribution >= 0.6 is 0 Å². The fourth-order valence-corrected chi connectivity index (χ4v) is 1.51. The number of nitrogens with zero attached hydrogens (tertiary/aromatic N) is 2. The van der Waals surface area contributed by atoms with Crippen LogP contribution in [-0.4, -0.2) is 10.1 Å². The van der Waals surface area contributed by atoms with E-state index in [0.717, 1.165) is 5.69 Å². The molecule has 0 aliphatic carbocycles. The highest BCUT2D eigenvalue weighted by molar-refractivity contribution is 5.78. The second kappa shape index (κ2) is 3.10. The normalized spacial score (nSPS) is 11.1. The minimum atomic E-state index is 0.418. The van der Waals surface area contributed by atoms with Gasteiger partial charge in [0.2, 0.25) is 5.76 Å². The average Bonchev–Trinajstić information content (AvgIpc) is 2.83. The van der Waals surface area contributed by atoms with Crippen LogP contribution in [0, 0.1) is 6.92 Å². The summed E-state index contributed by atoms with van der Waals surface area (Å²) in [6.07, 6.45) is 0. The molecule has 0 atom stereocenters. The summed E-state index contributed by atoms with van der Waals surface area (Å²) >= 11 is 0. The Balaban J connectivity index is 2.18. The molecule has 0 fully saturated rings. The average molecular weight is 215 g/mol. The van der Waals surface area contributed by atoms with Crippen LogP contribution in [0.1, 0.15) is 5.69 Å². The maximum Gasteiger partial charge on any atom is 0.266 e.